The number of nitrogens with zero attached hydrogens (tertiary/aromatic N) is 6. The molecule has 1 heterocycles. The number of ether oxygens (including phenoxy) is 1. The molecule has 92 valence electrons. The lowest BCUT2D eigenvalue weighted by atomic mass is 10.2. The maximum atomic E-state index is 8.21. The summed E-state index contributed by atoms with van der Waals surface area (Å²) in [5.74, 6) is 0.821. The molecule has 1 aromatic carbocycles. The van der Waals surface area contributed by atoms with Gasteiger partial charge in [-0.25, -0.2) is 4.68 Å². The topological polar surface area (TPSA) is 88.7 Å². The summed E-state index contributed by atoms with van der Waals surface area (Å²) in [5, 5.41) is 11.3. The van der Waals surface area contributed by atoms with Crippen molar-refractivity contribution in [2.24, 2.45) is 5.11 Å². The fraction of sp³-hybridized carbons (Fsp3) is 0.273. The summed E-state index contributed by atoms with van der Waals surface area (Å²) in [6, 6.07) is 7.72. The summed E-state index contributed by atoms with van der Waals surface area (Å²) >= 11 is 0. The molecular formula is C11H12N6O. The average Bonchev–Trinajstić information content (AvgIpc) is 2.85. The predicted octanol–water partition coefficient (Wildman–Crippen LogP) is 2.15. The van der Waals surface area contributed by atoms with E-state index in [0.29, 0.717) is 12.2 Å². The standard InChI is InChI=1S/C11H12N6O/c1-18-11-4-2-9(3-5-11)7-17-8-10(14-16-17)6-13-15-12/h2-5,8H,6-7H2,1H3. The Labute approximate surface area is 104 Å². The van der Waals surface area contributed by atoms with Crippen LogP contribution in [0.1, 0.15) is 11.3 Å². The van der Waals surface area contributed by atoms with E-state index in [2.05, 4.69) is 20.3 Å². The van der Waals surface area contributed by atoms with Crippen LogP contribution < -0.4 is 4.74 Å². The summed E-state index contributed by atoms with van der Waals surface area (Å²) in [5.41, 5.74) is 9.96. The van der Waals surface area contributed by atoms with Crippen LogP contribution in [0.15, 0.2) is 35.6 Å². The van der Waals surface area contributed by atoms with Crippen LogP contribution in [0.4, 0.5) is 0 Å². The van der Waals surface area contributed by atoms with Gasteiger partial charge in [-0.2, -0.15) is 0 Å². The van der Waals surface area contributed by atoms with Crippen LogP contribution in [0.2, 0.25) is 0 Å². The Balaban J connectivity index is 2.03. The van der Waals surface area contributed by atoms with Crippen LogP contribution in [-0.2, 0) is 13.1 Å². The molecule has 2 rings (SSSR count). The highest BCUT2D eigenvalue weighted by atomic mass is 16.5. The summed E-state index contributed by atoms with van der Waals surface area (Å²) in [6.45, 7) is 0.840. The quantitative estimate of drug-likeness (QED) is 0.458. The monoisotopic (exact) mass is 244 g/mol. The van der Waals surface area contributed by atoms with E-state index in [0.717, 1.165) is 11.3 Å². The van der Waals surface area contributed by atoms with Gasteiger partial charge in [0.15, 0.2) is 0 Å². The largest absolute Gasteiger partial charge is 0.497 e. The molecule has 0 atom stereocenters. The number of hydrogen-bond donors (Lipinski definition) is 0. The summed E-state index contributed by atoms with van der Waals surface area (Å²) in [6.07, 6.45) is 1.76. The maximum absolute atomic E-state index is 8.21. The zero-order chi connectivity index (χ0) is 12.8. The van der Waals surface area contributed by atoms with E-state index < -0.39 is 0 Å². The van der Waals surface area contributed by atoms with Gasteiger partial charge in [-0.3, -0.25) is 0 Å². The number of aromatic nitrogens is 3. The molecule has 1 aromatic heterocycles. The van der Waals surface area contributed by atoms with Crippen LogP contribution in [0.5, 0.6) is 5.75 Å². The Morgan fingerprint density at radius 2 is 2.17 bits per heavy atom. The zero-order valence-electron chi connectivity index (χ0n) is 9.89. The highest BCUT2D eigenvalue weighted by Gasteiger charge is 2.01. The second-order valence-corrected chi connectivity index (χ2v) is 3.64. The summed E-state index contributed by atoms with van der Waals surface area (Å²) < 4.78 is 6.78. The number of rotatable bonds is 5. The van der Waals surface area contributed by atoms with Gasteiger partial charge < -0.3 is 4.74 Å². The van der Waals surface area contributed by atoms with Gasteiger partial charge in [-0.05, 0) is 23.2 Å². The van der Waals surface area contributed by atoms with Gasteiger partial charge in [0.2, 0.25) is 0 Å². The summed E-state index contributed by atoms with van der Waals surface area (Å²) in [7, 11) is 1.63. The van der Waals surface area contributed by atoms with E-state index in [-0.39, 0.29) is 6.54 Å². The molecular weight excluding hydrogens is 232 g/mol. The molecule has 0 aliphatic rings. The highest BCUT2D eigenvalue weighted by Crippen LogP contribution is 2.12. The minimum Gasteiger partial charge on any atom is -0.497 e. The normalized spacial score (nSPS) is 9.83. The van der Waals surface area contributed by atoms with Crippen molar-refractivity contribution in [1.29, 1.82) is 0 Å². The van der Waals surface area contributed by atoms with Crippen LogP contribution in [0, 0.1) is 0 Å². The number of methoxy groups -OCH3 is 1. The molecule has 0 aliphatic carbocycles. The van der Waals surface area contributed by atoms with Crippen molar-refractivity contribution in [1.82, 2.24) is 15.0 Å². The molecule has 0 amide bonds. The fourth-order valence-corrected chi connectivity index (χ4v) is 1.51. The number of benzene rings is 1. The molecule has 0 aliphatic heterocycles. The second kappa shape index (κ2) is 5.70. The molecule has 0 fully saturated rings. The van der Waals surface area contributed by atoms with Crippen LogP contribution in [0.3, 0.4) is 0 Å². The lowest BCUT2D eigenvalue weighted by Crippen LogP contribution is -2.00. The minimum atomic E-state index is 0.221. The molecule has 7 heteroatoms. The maximum Gasteiger partial charge on any atom is 0.118 e. The Morgan fingerprint density at radius 3 is 2.83 bits per heavy atom. The van der Waals surface area contributed by atoms with E-state index >= 15 is 0 Å². The third-order valence-electron chi connectivity index (χ3n) is 2.39. The number of azide groups is 1. The molecule has 0 radical (unpaired) electrons. The molecule has 0 bridgehead atoms. The minimum absolute atomic E-state index is 0.221. The SMILES string of the molecule is COc1ccc(Cn2cc(CN=[N+]=[N-])nn2)cc1. The van der Waals surface area contributed by atoms with E-state index in [1.807, 2.05) is 24.3 Å². The second-order valence-electron chi connectivity index (χ2n) is 3.64. The summed E-state index contributed by atoms with van der Waals surface area (Å²) in [4.78, 5) is 2.68. The van der Waals surface area contributed by atoms with Crippen molar-refractivity contribution in [3.63, 3.8) is 0 Å². The van der Waals surface area contributed by atoms with E-state index in [1.165, 1.54) is 0 Å². The smallest absolute Gasteiger partial charge is 0.118 e. The first-order valence-electron chi connectivity index (χ1n) is 5.34. The number of hydrogen-bond acceptors (Lipinski definition) is 4. The van der Waals surface area contributed by atoms with Gasteiger partial charge >= 0.3 is 0 Å². The predicted molar refractivity (Wildman–Crippen MR) is 65.0 cm³/mol. The van der Waals surface area contributed by atoms with Gasteiger partial charge in [0.1, 0.15) is 5.75 Å². The van der Waals surface area contributed by atoms with Crippen molar-refractivity contribution in [2.45, 2.75) is 13.1 Å². The van der Waals surface area contributed by atoms with Crippen molar-refractivity contribution in [3.05, 3.63) is 52.2 Å². The third kappa shape index (κ3) is 2.99. The van der Waals surface area contributed by atoms with Crippen molar-refractivity contribution in [2.75, 3.05) is 7.11 Å². The Bertz CT molecular complexity index is 555. The molecule has 7 nitrogen and oxygen atoms in total. The van der Waals surface area contributed by atoms with Gasteiger partial charge in [-0.15, -0.1) is 5.10 Å². The van der Waals surface area contributed by atoms with Crippen LogP contribution in [-0.4, -0.2) is 22.1 Å². The Kier molecular flexibility index (Phi) is 3.78. The first kappa shape index (κ1) is 11.9. The molecule has 2 aromatic rings. The first-order valence-corrected chi connectivity index (χ1v) is 5.34. The molecule has 0 unspecified atom stereocenters. The molecule has 18 heavy (non-hydrogen) atoms. The molecule has 0 saturated carbocycles. The van der Waals surface area contributed by atoms with E-state index in [9.17, 15) is 0 Å². The fourth-order valence-electron chi connectivity index (χ4n) is 1.51. The highest BCUT2D eigenvalue weighted by molar-refractivity contribution is 5.27. The van der Waals surface area contributed by atoms with Crippen LogP contribution in [0.25, 0.3) is 10.4 Å². The first-order chi connectivity index (χ1) is 8.81. The van der Waals surface area contributed by atoms with Gasteiger partial charge in [-0.1, -0.05) is 22.5 Å². The van der Waals surface area contributed by atoms with Gasteiger partial charge in [0, 0.05) is 11.1 Å². The van der Waals surface area contributed by atoms with E-state index in [1.54, 1.807) is 18.0 Å². The zero-order valence-corrected chi connectivity index (χ0v) is 9.89. The molecule has 0 spiro atoms. The average molecular weight is 244 g/mol. The van der Waals surface area contributed by atoms with E-state index in [4.69, 9.17) is 10.3 Å². The lowest BCUT2D eigenvalue weighted by Gasteiger charge is -2.02. The van der Waals surface area contributed by atoms with Gasteiger partial charge in [0.25, 0.3) is 0 Å². The molecule has 0 saturated heterocycles. The van der Waals surface area contributed by atoms with Crippen molar-refractivity contribution in [3.8, 4) is 5.75 Å². The van der Waals surface area contributed by atoms with Crippen LogP contribution >= 0.6 is 0 Å². The Morgan fingerprint density at radius 1 is 1.39 bits per heavy atom. The third-order valence-corrected chi connectivity index (χ3v) is 2.39. The Hall–Kier alpha value is -2.53. The van der Waals surface area contributed by atoms with Gasteiger partial charge in [0.05, 0.1) is 25.9 Å². The molecule has 0 N–H and O–H groups in total. The lowest BCUT2D eigenvalue weighted by molar-refractivity contribution is 0.414. The van der Waals surface area contributed by atoms with Crippen molar-refractivity contribution < 1.29 is 4.74 Å². The van der Waals surface area contributed by atoms with Crippen molar-refractivity contribution >= 4 is 0 Å².